The molecule has 2 rings (SSSR count). The van der Waals surface area contributed by atoms with Crippen LogP contribution in [0.5, 0.6) is 0 Å². The summed E-state index contributed by atoms with van der Waals surface area (Å²) in [6, 6.07) is 15.7. The van der Waals surface area contributed by atoms with Crippen LogP contribution in [0.25, 0.3) is 0 Å². The number of aryl methyl sites for hydroxylation is 3. The second kappa shape index (κ2) is 6.77. The van der Waals surface area contributed by atoms with Crippen LogP contribution in [0.4, 0.5) is 5.69 Å². The Kier molecular flexibility index (Phi) is 5.03. The lowest BCUT2D eigenvalue weighted by atomic mass is 10.0. The summed E-state index contributed by atoms with van der Waals surface area (Å²) < 4.78 is 0. The minimum atomic E-state index is 0.206. The molecule has 2 heteroatoms. The summed E-state index contributed by atoms with van der Waals surface area (Å²) in [6.07, 6.45) is 1.07. The van der Waals surface area contributed by atoms with Gasteiger partial charge in [-0.3, -0.25) is 0 Å². The summed E-state index contributed by atoms with van der Waals surface area (Å²) in [6.45, 7) is 7.06. The number of rotatable bonds is 5. The average molecular weight is 282 g/mol. The van der Waals surface area contributed by atoms with Crippen molar-refractivity contribution < 1.29 is 0 Å². The topological polar surface area (TPSA) is 29.3 Å². The SMILES string of the molecule is CCc1ccc(C(CN)N(C)c2cc(C)cc(C)c2)cc1. The molecule has 112 valence electrons. The number of hydrogen-bond acceptors (Lipinski definition) is 2. The van der Waals surface area contributed by atoms with Gasteiger partial charge in [-0.1, -0.05) is 37.3 Å². The van der Waals surface area contributed by atoms with E-state index in [9.17, 15) is 0 Å². The fourth-order valence-electron chi connectivity index (χ4n) is 2.83. The molecular formula is C19H26N2. The minimum Gasteiger partial charge on any atom is -0.366 e. The van der Waals surface area contributed by atoms with Gasteiger partial charge in [-0.15, -0.1) is 0 Å². The normalized spacial score (nSPS) is 12.2. The van der Waals surface area contributed by atoms with Gasteiger partial charge >= 0.3 is 0 Å². The molecule has 2 N–H and O–H groups in total. The highest BCUT2D eigenvalue weighted by Gasteiger charge is 2.16. The number of nitrogens with two attached hydrogens (primary N) is 1. The number of likely N-dealkylation sites (N-methyl/N-ethyl adjacent to an activating group) is 1. The lowest BCUT2D eigenvalue weighted by molar-refractivity contribution is 0.680. The van der Waals surface area contributed by atoms with E-state index in [1.165, 1.54) is 27.9 Å². The van der Waals surface area contributed by atoms with Crippen molar-refractivity contribution in [3.05, 3.63) is 64.7 Å². The molecular weight excluding hydrogens is 256 g/mol. The molecule has 0 saturated heterocycles. The second-order valence-electron chi connectivity index (χ2n) is 5.80. The van der Waals surface area contributed by atoms with E-state index < -0.39 is 0 Å². The Morgan fingerprint density at radius 1 is 1.00 bits per heavy atom. The third-order valence-electron chi connectivity index (χ3n) is 4.08. The molecule has 0 heterocycles. The maximum atomic E-state index is 6.05. The van der Waals surface area contributed by atoms with E-state index in [1.54, 1.807) is 0 Å². The number of benzene rings is 2. The van der Waals surface area contributed by atoms with Gasteiger partial charge in [0.2, 0.25) is 0 Å². The van der Waals surface area contributed by atoms with Crippen LogP contribution in [0.3, 0.4) is 0 Å². The fourth-order valence-corrected chi connectivity index (χ4v) is 2.83. The van der Waals surface area contributed by atoms with Crippen molar-refractivity contribution in [3.8, 4) is 0 Å². The van der Waals surface area contributed by atoms with Crippen LogP contribution >= 0.6 is 0 Å². The summed E-state index contributed by atoms with van der Waals surface area (Å²) in [5.41, 5.74) is 12.5. The summed E-state index contributed by atoms with van der Waals surface area (Å²) >= 11 is 0. The van der Waals surface area contributed by atoms with E-state index in [0.29, 0.717) is 6.54 Å². The Hall–Kier alpha value is -1.80. The van der Waals surface area contributed by atoms with Gasteiger partial charge < -0.3 is 10.6 Å². The fraction of sp³-hybridized carbons (Fsp3) is 0.368. The lowest BCUT2D eigenvalue weighted by Crippen LogP contribution is -2.30. The van der Waals surface area contributed by atoms with Crippen molar-refractivity contribution in [2.75, 3.05) is 18.5 Å². The largest absolute Gasteiger partial charge is 0.366 e. The summed E-state index contributed by atoms with van der Waals surface area (Å²) in [7, 11) is 2.12. The van der Waals surface area contributed by atoms with Crippen LogP contribution in [0.2, 0.25) is 0 Å². The Bertz CT molecular complexity index is 567. The average Bonchev–Trinajstić information content (AvgIpc) is 2.47. The zero-order chi connectivity index (χ0) is 15.4. The molecule has 0 spiro atoms. The molecule has 0 radical (unpaired) electrons. The van der Waals surface area contributed by atoms with Gasteiger partial charge in [-0.25, -0.2) is 0 Å². The van der Waals surface area contributed by atoms with Gasteiger partial charge in [0, 0.05) is 19.3 Å². The number of nitrogens with zero attached hydrogens (tertiary/aromatic N) is 1. The first-order chi connectivity index (χ1) is 10.0. The van der Waals surface area contributed by atoms with E-state index in [0.717, 1.165) is 6.42 Å². The van der Waals surface area contributed by atoms with E-state index in [2.05, 4.69) is 75.2 Å². The molecule has 0 fully saturated rings. The molecule has 2 nitrogen and oxygen atoms in total. The smallest absolute Gasteiger partial charge is 0.0661 e. The second-order valence-corrected chi connectivity index (χ2v) is 5.80. The molecule has 2 aromatic carbocycles. The third kappa shape index (κ3) is 3.64. The van der Waals surface area contributed by atoms with Gasteiger partial charge in [-0.2, -0.15) is 0 Å². The van der Waals surface area contributed by atoms with Gasteiger partial charge in [-0.05, 0) is 54.7 Å². The molecule has 0 aromatic heterocycles. The van der Waals surface area contributed by atoms with Crippen molar-refractivity contribution in [3.63, 3.8) is 0 Å². The minimum absolute atomic E-state index is 0.206. The van der Waals surface area contributed by atoms with Gasteiger partial charge in [0.1, 0.15) is 0 Å². The molecule has 0 aliphatic rings. The summed E-state index contributed by atoms with van der Waals surface area (Å²) in [5.74, 6) is 0. The molecule has 0 bridgehead atoms. The van der Waals surface area contributed by atoms with Crippen LogP contribution in [-0.2, 0) is 6.42 Å². The first-order valence-corrected chi connectivity index (χ1v) is 7.65. The summed E-state index contributed by atoms with van der Waals surface area (Å²) in [5, 5.41) is 0. The molecule has 0 aliphatic carbocycles. The highest BCUT2D eigenvalue weighted by atomic mass is 15.1. The first-order valence-electron chi connectivity index (χ1n) is 7.65. The van der Waals surface area contributed by atoms with Crippen LogP contribution in [-0.4, -0.2) is 13.6 Å². The Balaban J connectivity index is 2.30. The van der Waals surface area contributed by atoms with E-state index in [1.807, 2.05) is 0 Å². The van der Waals surface area contributed by atoms with Crippen molar-refractivity contribution in [2.24, 2.45) is 5.73 Å². The predicted molar refractivity (Wildman–Crippen MR) is 91.9 cm³/mol. The number of anilines is 1. The molecule has 1 unspecified atom stereocenters. The van der Waals surface area contributed by atoms with Crippen molar-refractivity contribution >= 4 is 5.69 Å². The van der Waals surface area contributed by atoms with Gasteiger partial charge in [0.15, 0.2) is 0 Å². The first kappa shape index (κ1) is 15.6. The van der Waals surface area contributed by atoms with Gasteiger partial charge in [0.25, 0.3) is 0 Å². The van der Waals surface area contributed by atoms with Crippen molar-refractivity contribution in [1.82, 2.24) is 0 Å². The van der Waals surface area contributed by atoms with E-state index >= 15 is 0 Å². The Morgan fingerprint density at radius 3 is 2.05 bits per heavy atom. The maximum absolute atomic E-state index is 6.05. The third-order valence-corrected chi connectivity index (χ3v) is 4.08. The standard InChI is InChI=1S/C19H26N2/c1-5-16-6-8-17(9-7-16)19(13-20)21(4)18-11-14(2)10-15(3)12-18/h6-12,19H,5,13,20H2,1-4H3. The quantitative estimate of drug-likeness (QED) is 0.898. The van der Waals surface area contributed by atoms with Crippen LogP contribution in [0, 0.1) is 13.8 Å². The molecule has 0 amide bonds. The zero-order valence-corrected chi connectivity index (χ0v) is 13.6. The van der Waals surface area contributed by atoms with Crippen molar-refractivity contribution in [1.29, 1.82) is 0 Å². The van der Waals surface area contributed by atoms with Crippen LogP contribution in [0.15, 0.2) is 42.5 Å². The zero-order valence-electron chi connectivity index (χ0n) is 13.6. The highest BCUT2D eigenvalue weighted by Crippen LogP contribution is 2.27. The van der Waals surface area contributed by atoms with Gasteiger partial charge in [0.05, 0.1) is 6.04 Å². The molecule has 1 atom stereocenters. The molecule has 21 heavy (non-hydrogen) atoms. The van der Waals surface area contributed by atoms with E-state index in [4.69, 9.17) is 5.73 Å². The maximum Gasteiger partial charge on any atom is 0.0661 e. The molecule has 0 saturated carbocycles. The predicted octanol–water partition coefficient (Wildman–Crippen LogP) is 4.00. The van der Waals surface area contributed by atoms with E-state index in [-0.39, 0.29) is 6.04 Å². The Morgan fingerprint density at radius 2 is 1.57 bits per heavy atom. The monoisotopic (exact) mass is 282 g/mol. The van der Waals surface area contributed by atoms with Crippen molar-refractivity contribution in [2.45, 2.75) is 33.2 Å². The molecule has 0 aliphatic heterocycles. The number of hydrogen-bond donors (Lipinski definition) is 1. The van der Waals surface area contributed by atoms with Crippen LogP contribution in [0.1, 0.15) is 35.2 Å². The highest BCUT2D eigenvalue weighted by molar-refractivity contribution is 5.52. The lowest BCUT2D eigenvalue weighted by Gasteiger charge is -2.30. The molecule has 2 aromatic rings. The van der Waals surface area contributed by atoms with Crippen LogP contribution < -0.4 is 10.6 Å². The summed E-state index contributed by atoms with van der Waals surface area (Å²) in [4.78, 5) is 2.28. The Labute approximate surface area is 128 Å².